The van der Waals surface area contributed by atoms with Crippen molar-refractivity contribution in [1.82, 2.24) is 9.97 Å². The van der Waals surface area contributed by atoms with Gasteiger partial charge in [0.25, 0.3) is 0 Å². The first-order chi connectivity index (χ1) is 8.70. The van der Waals surface area contributed by atoms with Gasteiger partial charge in [-0.3, -0.25) is 0 Å². The number of H-pyrrole nitrogens is 1. The smallest absolute Gasteiger partial charge is 0.130 e. The zero-order valence-corrected chi connectivity index (χ0v) is 11.3. The summed E-state index contributed by atoms with van der Waals surface area (Å²) in [7, 11) is 0. The van der Waals surface area contributed by atoms with E-state index in [0.29, 0.717) is 10.6 Å². The van der Waals surface area contributed by atoms with Crippen LogP contribution in [0.4, 0.5) is 0 Å². The molecule has 1 saturated carbocycles. The van der Waals surface area contributed by atoms with Crippen LogP contribution in [-0.4, -0.2) is 9.97 Å². The maximum absolute atomic E-state index is 5.24. The topological polar surface area (TPSA) is 28.7 Å². The largest absolute Gasteiger partial charge is 0.347 e. The van der Waals surface area contributed by atoms with Gasteiger partial charge < -0.3 is 4.98 Å². The lowest BCUT2D eigenvalue weighted by molar-refractivity contribution is 0.893. The molecule has 1 aromatic carbocycles. The van der Waals surface area contributed by atoms with Gasteiger partial charge >= 0.3 is 0 Å². The average Bonchev–Trinajstić information content (AvgIpc) is 3.15. The van der Waals surface area contributed by atoms with Gasteiger partial charge in [-0.1, -0.05) is 42.0 Å². The van der Waals surface area contributed by atoms with Crippen molar-refractivity contribution in [3.8, 4) is 0 Å². The minimum atomic E-state index is 0.687. The van der Waals surface area contributed by atoms with E-state index in [2.05, 4.69) is 41.2 Å². The molecule has 1 aliphatic carbocycles. The third-order valence-corrected chi connectivity index (χ3v) is 3.53. The van der Waals surface area contributed by atoms with Gasteiger partial charge in [-0.05, 0) is 37.3 Å². The lowest BCUT2D eigenvalue weighted by Crippen LogP contribution is -2.00. The zero-order chi connectivity index (χ0) is 12.5. The summed E-state index contributed by atoms with van der Waals surface area (Å²) < 4.78 is 0.706. The van der Waals surface area contributed by atoms with Crippen LogP contribution in [0, 0.1) is 11.6 Å². The Kier molecular flexibility index (Phi) is 3.00. The lowest BCUT2D eigenvalue weighted by atomic mass is 10.1. The molecule has 92 valence electrons. The fourth-order valence-electron chi connectivity index (χ4n) is 2.13. The Hall–Kier alpha value is -1.48. The molecule has 2 nitrogen and oxygen atoms in total. The molecule has 18 heavy (non-hydrogen) atoms. The van der Waals surface area contributed by atoms with E-state index < -0.39 is 0 Å². The molecule has 0 bridgehead atoms. The lowest BCUT2D eigenvalue weighted by Gasteiger charge is -2.05. The molecule has 0 aliphatic heterocycles. The highest BCUT2D eigenvalue weighted by Crippen LogP contribution is 2.38. The molecule has 1 heterocycles. The van der Waals surface area contributed by atoms with Crippen LogP contribution < -0.4 is 0 Å². The monoisotopic (exact) mass is 256 g/mol. The van der Waals surface area contributed by atoms with Gasteiger partial charge in [-0.25, -0.2) is 4.98 Å². The van der Waals surface area contributed by atoms with Crippen LogP contribution in [-0.2, 0) is 6.42 Å². The van der Waals surface area contributed by atoms with Crippen molar-refractivity contribution in [2.24, 2.45) is 0 Å². The number of rotatable bonds is 3. The van der Waals surface area contributed by atoms with E-state index in [1.54, 1.807) is 0 Å². The van der Waals surface area contributed by atoms with Crippen LogP contribution in [0.25, 0.3) is 0 Å². The van der Waals surface area contributed by atoms with Gasteiger partial charge in [-0.15, -0.1) is 0 Å². The van der Waals surface area contributed by atoms with Gasteiger partial charge in [0.15, 0.2) is 0 Å². The number of aromatic amines is 1. The molecule has 0 unspecified atom stereocenters. The highest BCUT2D eigenvalue weighted by Gasteiger charge is 2.24. The minimum absolute atomic E-state index is 0.687. The summed E-state index contributed by atoms with van der Waals surface area (Å²) in [6.07, 6.45) is 3.38. The Balaban J connectivity index is 1.87. The fraction of sp³-hybridized carbons (Fsp3) is 0.333. The number of aromatic nitrogens is 2. The number of aryl methyl sites for hydroxylation is 1. The summed E-state index contributed by atoms with van der Waals surface area (Å²) in [5.41, 5.74) is 3.81. The normalized spacial score (nSPS) is 14.7. The Bertz CT molecular complexity index is 609. The van der Waals surface area contributed by atoms with E-state index >= 15 is 0 Å². The number of nitrogens with one attached hydrogen (secondary N) is 1. The molecule has 1 N–H and O–H groups in total. The van der Waals surface area contributed by atoms with Gasteiger partial charge in [-0.2, -0.15) is 0 Å². The number of hydrogen-bond donors (Lipinski definition) is 1. The first kappa shape index (κ1) is 11.6. The standard InChI is InChI=1S/C15H16N2S/c1-10-2-4-11(5-3-10)8-14-16-13(12-6-7-12)9-15(18)17-14/h2-5,9,12H,6-8H2,1H3,(H,16,17,18). The van der Waals surface area contributed by atoms with Crippen LogP contribution in [0.1, 0.15) is 41.4 Å². The molecule has 1 fully saturated rings. The maximum atomic E-state index is 5.24. The van der Waals surface area contributed by atoms with Crippen molar-refractivity contribution >= 4 is 12.2 Å². The molecule has 3 rings (SSSR count). The second kappa shape index (κ2) is 4.65. The second-order valence-corrected chi connectivity index (χ2v) is 5.48. The number of hydrogen-bond acceptors (Lipinski definition) is 2. The quantitative estimate of drug-likeness (QED) is 0.843. The van der Waals surface area contributed by atoms with E-state index in [1.165, 1.54) is 29.7 Å². The third-order valence-electron chi connectivity index (χ3n) is 3.32. The molecule has 0 amide bonds. The van der Waals surface area contributed by atoms with Gasteiger partial charge in [0.1, 0.15) is 10.5 Å². The van der Waals surface area contributed by atoms with Crippen molar-refractivity contribution in [2.75, 3.05) is 0 Å². The summed E-state index contributed by atoms with van der Waals surface area (Å²) in [4.78, 5) is 7.85. The van der Waals surface area contributed by atoms with Crippen molar-refractivity contribution in [2.45, 2.75) is 32.1 Å². The van der Waals surface area contributed by atoms with Crippen LogP contribution in [0.3, 0.4) is 0 Å². The van der Waals surface area contributed by atoms with E-state index in [0.717, 1.165) is 12.2 Å². The summed E-state index contributed by atoms with van der Waals surface area (Å²) in [6.45, 7) is 2.10. The third kappa shape index (κ3) is 2.67. The van der Waals surface area contributed by atoms with Gasteiger partial charge in [0.05, 0.1) is 0 Å². The molecular weight excluding hydrogens is 240 g/mol. The molecule has 0 atom stereocenters. The maximum Gasteiger partial charge on any atom is 0.130 e. The highest BCUT2D eigenvalue weighted by molar-refractivity contribution is 7.71. The summed E-state index contributed by atoms with van der Waals surface area (Å²) in [6, 6.07) is 10.6. The second-order valence-electron chi connectivity index (χ2n) is 5.06. The predicted octanol–water partition coefficient (Wildman–Crippen LogP) is 3.92. The van der Waals surface area contributed by atoms with Gasteiger partial charge in [0, 0.05) is 12.1 Å². The Morgan fingerprint density at radius 3 is 2.67 bits per heavy atom. The van der Waals surface area contributed by atoms with Crippen molar-refractivity contribution < 1.29 is 0 Å². The first-order valence-corrected chi connectivity index (χ1v) is 6.77. The molecule has 1 aromatic heterocycles. The summed E-state index contributed by atoms with van der Waals surface area (Å²) >= 11 is 5.24. The van der Waals surface area contributed by atoms with Crippen LogP contribution in [0.15, 0.2) is 30.3 Å². The Morgan fingerprint density at radius 2 is 2.00 bits per heavy atom. The Morgan fingerprint density at radius 1 is 1.28 bits per heavy atom. The van der Waals surface area contributed by atoms with Crippen LogP contribution >= 0.6 is 12.2 Å². The van der Waals surface area contributed by atoms with Gasteiger partial charge in [0.2, 0.25) is 0 Å². The van der Waals surface area contributed by atoms with Crippen molar-refractivity contribution in [3.05, 3.63) is 57.6 Å². The molecule has 2 aromatic rings. The number of nitrogens with zero attached hydrogens (tertiary/aromatic N) is 1. The van der Waals surface area contributed by atoms with E-state index in [9.17, 15) is 0 Å². The van der Waals surface area contributed by atoms with Crippen LogP contribution in [0.5, 0.6) is 0 Å². The molecule has 3 heteroatoms. The predicted molar refractivity (Wildman–Crippen MR) is 75.4 cm³/mol. The zero-order valence-electron chi connectivity index (χ0n) is 10.4. The van der Waals surface area contributed by atoms with E-state index in [4.69, 9.17) is 12.2 Å². The van der Waals surface area contributed by atoms with Crippen LogP contribution in [0.2, 0.25) is 0 Å². The fourth-order valence-corrected chi connectivity index (χ4v) is 2.36. The molecule has 0 spiro atoms. The average molecular weight is 256 g/mol. The van der Waals surface area contributed by atoms with E-state index in [1.807, 2.05) is 6.07 Å². The van der Waals surface area contributed by atoms with E-state index in [-0.39, 0.29) is 0 Å². The Labute approximate surface area is 112 Å². The number of benzene rings is 1. The minimum Gasteiger partial charge on any atom is -0.347 e. The SMILES string of the molecule is Cc1ccc(Cc2nc(=S)cc(C3CC3)[nH]2)cc1. The summed E-state index contributed by atoms with van der Waals surface area (Å²) in [5.74, 6) is 1.67. The van der Waals surface area contributed by atoms with Crippen molar-refractivity contribution in [3.63, 3.8) is 0 Å². The molecule has 1 aliphatic rings. The molecule has 0 radical (unpaired) electrons. The molecule has 0 saturated heterocycles. The highest BCUT2D eigenvalue weighted by atomic mass is 32.1. The molecular formula is C15H16N2S. The summed E-state index contributed by atoms with van der Waals surface area (Å²) in [5, 5.41) is 0. The first-order valence-electron chi connectivity index (χ1n) is 6.36. The van der Waals surface area contributed by atoms with Crippen molar-refractivity contribution in [1.29, 1.82) is 0 Å².